The maximum atomic E-state index is 12.7. The number of carbonyl (C=O) groups excluding carboxylic acids is 1. The van der Waals surface area contributed by atoms with Crippen molar-refractivity contribution in [3.8, 4) is 0 Å². The molecule has 0 aliphatic carbocycles. The van der Waals surface area contributed by atoms with Crippen LogP contribution in [0.15, 0.2) is 60.7 Å². The van der Waals surface area contributed by atoms with Crippen molar-refractivity contribution >= 4 is 55.6 Å². The molecule has 152 valence electrons. The number of amides is 1. The lowest BCUT2D eigenvalue weighted by molar-refractivity contribution is -0.122. The van der Waals surface area contributed by atoms with E-state index in [9.17, 15) is 13.2 Å². The van der Waals surface area contributed by atoms with Crippen molar-refractivity contribution < 1.29 is 13.2 Å². The molecule has 3 aromatic carbocycles. The lowest BCUT2D eigenvalue weighted by Crippen LogP contribution is -2.47. The summed E-state index contributed by atoms with van der Waals surface area (Å²) in [5.41, 5.74) is 1.15. The molecule has 5 nitrogen and oxygen atoms in total. The summed E-state index contributed by atoms with van der Waals surface area (Å²) in [5.74, 6) is -0.431. The zero-order valence-corrected chi connectivity index (χ0v) is 18.2. The summed E-state index contributed by atoms with van der Waals surface area (Å²) in [6, 6.07) is 17.3. The minimum Gasteiger partial charge on any atom is -0.350 e. The smallest absolute Gasteiger partial charge is 0.243 e. The van der Waals surface area contributed by atoms with Crippen LogP contribution in [0.1, 0.15) is 12.5 Å². The van der Waals surface area contributed by atoms with Crippen LogP contribution in [-0.2, 0) is 21.4 Å². The number of hydrogen-bond donors (Lipinski definition) is 1. The van der Waals surface area contributed by atoms with Crippen LogP contribution in [0.5, 0.6) is 0 Å². The fourth-order valence-electron chi connectivity index (χ4n) is 3.16. The highest BCUT2D eigenvalue weighted by Crippen LogP contribution is 2.28. The van der Waals surface area contributed by atoms with Gasteiger partial charge in [-0.1, -0.05) is 59.6 Å². The van der Waals surface area contributed by atoms with E-state index in [0.717, 1.165) is 26.9 Å². The zero-order chi connectivity index (χ0) is 21.2. The number of fused-ring (bicyclic) bond motifs is 1. The molecule has 0 radical (unpaired) electrons. The normalized spacial score (nSPS) is 12.6. The van der Waals surface area contributed by atoms with Gasteiger partial charge >= 0.3 is 0 Å². The zero-order valence-electron chi connectivity index (χ0n) is 15.9. The van der Waals surface area contributed by atoms with Gasteiger partial charge in [-0.2, -0.15) is 0 Å². The Labute approximate surface area is 180 Å². The van der Waals surface area contributed by atoms with E-state index in [2.05, 4.69) is 5.32 Å². The molecule has 0 saturated carbocycles. The van der Waals surface area contributed by atoms with Gasteiger partial charge in [-0.3, -0.25) is 9.10 Å². The monoisotopic (exact) mass is 450 g/mol. The molecule has 3 aromatic rings. The van der Waals surface area contributed by atoms with Crippen LogP contribution in [0.3, 0.4) is 0 Å². The van der Waals surface area contributed by atoms with Gasteiger partial charge in [0.1, 0.15) is 6.04 Å². The van der Waals surface area contributed by atoms with Crippen LogP contribution >= 0.6 is 23.2 Å². The third kappa shape index (κ3) is 5.21. The molecule has 0 aromatic heterocycles. The van der Waals surface area contributed by atoms with Crippen LogP contribution in [0.2, 0.25) is 10.0 Å². The van der Waals surface area contributed by atoms with Crippen molar-refractivity contribution in [1.29, 1.82) is 0 Å². The molecule has 0 unspecified atom stereocenters. The molecule has 1 atom stereocenters. The van der Waals surface area contributed by atoms with Gasteiger partial charge in [-0.05, 0) is 47.5 Å². The second-order valence-corrected chi connectivity index (χ2v) is 9.49. The predicted molar refractivity (Wildman–Crippen MR) is 119 cm³/mol. The Morgan fingerprint density at radius 1 is 1.00 bits per heavy atom. The molecular weight excluding hydrogens is 431 g/mol. The maximum Gasteiger partial charge on any atom is 0.243 e. The summed E-state index contributed by atoms with van der Waals surface area (Å²) in [6.45, 7) is 1.80. The van der Waals surface area contributed by atoms with E-state index in [-0.39, 0.29) is 22.3 Å². The first kappa shape index (κ1) is 21.4. The number of halogens is 2. The van der Waals surface area contributed by atoms with E-state index in [1.807, 2.05) is 42.5 Å². The number of nitrogens with zero attached hydrogens (tertiary/aromatic N) is 1. The minimum atomic E-state index is -3.75. The average Bonchev–Trinajstić information content (AvgIpc) is 2.64. The summed E-state index contributed by atoms with van der Waals surface area (Å²) in [4.78, 5) is 12.7. The fraction of sp³-hybridized carbons (Fsp3) is 0.190. The molecule has 1 N–H and O–H groups in total. The molecule has 0 fully saturated rings. The summed E-state index contributed by atoms with van der Waals surface area (Å²) in [6.07, 6.45) is 1.04. The van der Waals surface area contributed by atoms with Gasteiger partial charge in [-0.15, -0.1) is 0 Å². The van der Waals surface area contributed by atoms with Crippen LogP contribution in [0.4, 0.5) is 5.69 Å². The van der Waals surface area contributed by atoms with Gasteiger partial charge in [0.25, 0.3) is 0 Å². The lowest BCUT2D eigenvalue weighted by atomic mass is 10.1. The Morgan fingerprint density at radius 2 is 1.62 bits per heavy atom. The molecule has 0 heterocycles. The van der Waals surface area contributed by atoms with Crippen LogP contribution < -0.4 is 9.62 Å². The fourth-order valence-corrected chi connectivity index (χ4v) is 4.83. The molecule has 3 rings (SSSR count). The van der Waals surface area contributed by atoms with Gasteiger partial charge in [0.05, 0.1) is 11.9 Å². The number of benzene rings is 3. The lowest BCUT2D eigenvalue weighted by Gasteiger charge is -2.28. The molecule has 1 amide bonds. The first-order chi connectivity index (χ1) is 13.6. The van der Waals surface area contributed by atoms with Gasteiger partial charge < -0.3 is 5.32 Å². The molecule has 0 bridgehead atoms. The van der Waals surface area contributed by atoms with Crippen molar-refractivity contribution in [2.45, 2.75) is 19.5 Å². The van der Waals surface area contributed by atoms with Gasteiger partial charge in [0.2, 0.25) is 15.9 Å². The number of nitrogens with one attached hydrogen (secondary N) is 1. The SMILES string of the molecule is C[C@H](C(=O)NCc1ccc2ccccc2c1)N(c1cc(Cl)cc(Cl)c1)S(C)(=O)=O. The van der Waals surface area contributed by atoms with Crippen LogP contribution in [0, 0.1) is 0 Å². The van der Waals surface area contributed by atoms with E-state index in [1.54, 1.807) is 0 Å². The third-order valence-electron chi connectivity index (χ3n) is 4.47. The van der Waals surface area contributed by atoms with E-state index in [4.69, 9.17) is 23.2 Å². The van der Waals surface area contributed by atoms with Gasteiger partial charge in [0.15, 0.2) is 0 Å². The maximum absolute atomic E-state index is 12.7. The van der Waals surface area contributed by atoms with E-state index < -0.39 is 22.0 Å². The van der Waals surface area contributed by atoms with Crippen molar-refractivity contribution in [3.05, 3.63) is 76.3 Å². The average molecular weight is 451 g/mol. The Balaban J connectivity index is 1.80. The number of sulfonamides is 1. The Hall–Kier alpha value is -2.28. The van der Waals surface area contributed by atoms with E-state index in [0.29, 0.717) is 0 Å². The Bertz CT molecular complexity index is 1150. The predicted octanol–water partition coefficient (Wildman–Crippen LogP) is 4.62. The highest BCUT2D eigenvalue weighted by atomic mass is 35.5. The molecule has 0 saturated heterocycles. The summed E-state index contributed by atoms with van der Waals surface area (Å²) >= 11 is 12.0. The second kappa shape index (κ2) is 8.61. The number of rotatable bonds is 6. The molecule has 29 heavy (non-hydrogen) atoms. The van der Waals surface area contributed by atoms with Crippen LogP contribution in [0.25, 0.3) is 10.8 Å². The number of carbonyl (C=O) groups is 1. The molecular formula is C21H20Cl2N2O3S. The second-order valence-electron chi connectivity index (χ2n) is 6.76. The van der Waals surface area contributed by atoms with Crippen molar-refractivity contribution in [1.82, 2.24) is 5.32 Å². The minimum absolute atomic E-state index is 0.235. The largest absolute Gasteiger partial charge is 0.350 e. The third-order valence-corrected chi connectivity index (χ3v) is 6.15. The van der Waals surface area contributed by atoms with Crippen LogP contribution in [-0.4, -0.2) is 26.6 Å². The quantitative estimate of drug-likeness (QED) is 0.595. The first-order valence-corrected chi connectivity index (χ1v) is 11.5. The van der Waals surface area contributed by atoms with Gasteiger partial charge in [-0.25, -0.2) is 8.42 Å². The highest BCUT2D eigenvalue weighted by molar-refractivity contribution is 7.92. The topological polar surface area (TPSA) is 66.5 Å². The van der Waals surface area contributed by atoms with Gasteiger partial charge in [0, 0.05) is 16.6 Å². The Kier molecular flexibility index (Phi) is 6.36. The summed E-state index contributed by atoms with van der Waals surface area (Å²) in [7, 11) is -3.75. The number of hydrogen-bond acceptors (Lipinski definition) is 3. The summed E-state index contributed by atoms with van der Waals surface area (Å²) in [5, 5.41) is 5.55. The number of anilines is 1. The standard InChI is InChI=1S/C21H20Cl2N2O3S/c1-14(25(29(2,27)28)20-11-18(22)10-19(23)12-20)21(26)24-13-15-7-8-16-5-3-4-6-17(16)9-15/h3-12,14H,13H2,1-2H3,(H,24,26)/t14-/m1/s1. The highest BCUT2D eigenvalue weighted by Gasteiger charge is 2.29. The van der Waals surface area contributed by atoms with E-state index >= 15 is 0 Å². The van der Waals surface area contributed by atoms with E-state index in [1.165, 1.54) is 25.1 Å². The molecule has 0 aliphatic rings. The summed E-state index contributed by atoms with van der Waals surface area (Å²) < 4.78 is 25.8. The Morgan fingerprint density at radius 3 is 2.24 bits per heavy atom. The first-order valence-electron chi connectivity index (χ1n) is 8.86. The molecule has 0 spiro atoms. The van der Waals surface area contributed by atoms with Crippen molar-refractivity contribution in [2.75, 3.05) is 10.6 Å². The molecule has 8 heteroatoms. The molecule has 0 aliphatic heterocycles. The van der Waals surface area contributed by atoms with Crippen molar-refractivity contribution in [2.24, 2.45) is 0 Å². The van der Waals surface area contributed by atoms with Crippen molar-refractivity contribution in [3.63, 3.8) is 0 Å².